The fraction of sp³-hybridized carbons (Fsp3) is 0.571. The van der Waals surface area contributed by atoms with E-state index in [2.05, 4.69) is 5.32 Å². The molecule has 1 aliphatic heterocycles. The number of carboxylic acids is 1. The summed E-state index contributed by atoms with van der Waals surface area (Å²) in [6.07, 6.45) is 0.803. The summed E-state index contributed by atoms with van der Waals surface area (Å²) >= 11 is 0. The normalized spacial score (nSPS) is 17.7. The third kappa shape index (κ3) is 2.85. The number of nitrogens with one attached hydrogen (secondary N) is 1. The van der Waals surface area contributed by atoms with Crippen LogP contribution >= 0.6 is 0 Å². The zero-order valence-electron chi connectivity index (χ0n) is 11.7. The standard InChI is InChI=1S/C14H19NO5/c1-9-7-10(2)20-11(9)12(16)15-8-14(13(17)18)3-5-19-6-4-14/h7H,3-6,8H2,1-2H3,(H,15,16)(H,17,18). The van der Waals surface area contributed by atoms with Gasteiger partial charge in [-0.2, -0.15) is 0 Å². The van der Waals surface area contributed by atoms with E-state index < -0.39 is 11.4 Å². The topological polar surface area (TPSA) is 88.8 Å². The van der Waals surface area contributed by atoms with E-state index in [-0.39, 0.29) is 18.2 Å². The van der Waals surface area contributed by atoms with Gasteiger partial charge in [-0.25, -0.2) is 0 Å². The largest absolute Gasteiger partial charge is 0.481 e. The first-order valence-corrected chi connectivity index (χ1v) is 6.61. The van der Waals surface area contributed by atoms with Crippen molar-refractivity contribution in [2.24, 2.45) is 5.41 Å². The van der Waals surface area contributed by atoms with Gasteiger partial charge in [0.1, 0.15) is 5.76 Å². The SMILES string of the molecule is Cc1cc(C)c(C(=O)NCC2(C(=O)O)CCOCC2)o1. The molecule has 0 atom stereocenters. The number of carbonyl (C=O) groups is 2. The second kappa shape index (κ2) is 5.66. The van der Waals surface area contributed by atoms with Gasteiger partial charge in [0.25, 0.3) is 5.91 Å². The fourth-order valence-electron chi connectivity index (χ4n) is 2.42. The first-order chi connectivity index (χ1) is 9.44. The summed E-state index contributed by atoms with van der Waals surface area (Å²) in [5.74, 6) is -0.363. The molecule has 1 aromatic rings. The lowest BCUT2D eigenvalue weighted by Crippen LogP contribution is -2.46. The molecule has 0 unspecified atom stereocenters. The predicted molar refractivity (Wildman–Crippen MR) is 70.6 cm³/mol. The number of furan rings is 1. The van der Waals surface area contributed by atoms with Crippen molar-refractivity contribution in [2.45, 2.75) is 26.7 Å². The summed E-state index contributed by atoms with van der Waals surface area (Å²) in [5, 5.41) is 12.1. The summed E-state index contributed by atoms with van der Waals surface area (Å²) in [7, 11) is 0. The van der Waals surface area contributed by atoms with E-state index in [0.717, 1.165) is 5.56 Å². The number of ether oxygens (including phenoxy) is 1. The highest BCUT2D eigenvalue weighted by Crippen LogP contribution is 2.30. The Hall–Kier alpha value is -1.82. The Morgan fingerprint density at radius 1 is 1.35 bits per heavy atom. The van der Waals surface area contributed by atoms with Crippen molar-refractivity contribution in [3.8, 4) is 0 Å². The smallest absolute Gasteiger partial charge is 0.311 e. The van der Waals surface area contributed by atoms with Crippen LogP contribution in [0.3, 0.4) is 0 Å². The molecule has 0 radical (unpaired) electrons. The molecule has 1 aliphatic rings. The Labute approximate surface area is 117 Å². The highest BCUT2D eigenvalue weighted by molar-refractivity contribution is 5.93. The molecule has 0 spiro atoms. The maximum Gasteiger partial charge on any atom is 0.311 e. The van der Waals surface area contributed by atoms with Gasteiger partial charge in [-0.05, 0) is 32.8 Å². The van der Waals surface area contributed by atoms with Gasteiger partial charge in [-0.1, -0.05) is 0 Å². The molecule has 6 heteroatoms. The molecule has 110 valence electrons. The maximum absolute atomic E-state index is 12.1. The van der Waals surface area contributed by atoms with E-state index in [4.69, 9.17) is 9.15 Å². The Bertz CT molecular complexity index is 514. The van der Waals surface area contributed by atoms with Crippen LogP contribution in [0.25, 0.3) is 0 Å². The van der Waals surface area contributed by atoms with Crippen molar-refractivity contribution in [2.75, 3.05) is 19.8 Å². The number of hydrogen-bond acceptors (Lipinski definition) is 4. The lowest BCUT2D eigenvalue weighted by molar-refractivity contribution is -0.154. The number of aliphatic carboxylic acids is 1. The molecular formula is C14H19NO5. The number of hydrogen-bond donors (Lipinski definition) is 2. The summed E-state index contributed by atoms with van der Waals surface area (Å²) in [4.78, 5) is 23.5. The molecule has 1 saturated heterocycles. The fourth-order valence-corrected chi connectivity index (χ4v) is 2.42. The molecule has 1 fully saturated rings. The number of carbonyl (C=O) groups excluding carboxylic acids is 1. The molecule has 1 aromatic heterocycles. The van der Waals surface area contributed by atoms with E-state index >= 15 is 0 Å². The molecule has 0 aliphatic carbocycles. The lowest BCUT2D eigenvalue weighted by Gasteiger charge is -2.32. The second-order valence-electron chi connectivity index (χ2n) is 5.25. The van der Waals surface area contributed by atoms with Gasteiger partial charge >= 0.3 is 5.97 Å². The van der Waals surface area contributed by atoms with Crippen molar-refractivity contribution >= 4 is 11.9 Å². The summed E-state index contributed by atoms with van der Waals surface area (Å²) in [6, 6.07) is 1.77. The number of amides is 1. The molecule has 1 amide bonds. The molecular weight excluding hydrogens is 262 g/mol. The number of carboxylic acid groups (broad SMARTS) is 1. The zero-order chi connectivity index (χ0) is 14.8. The highest BCUT2D eigenvalue weighted by Gasteiger charge is 2.40. The average Bonchev–Trinajstić information content (AvgIpc) is 2.76. The van der Waals surface area contributed by atoms with Gasteiger partial charge in [0.15, 0.2) is 5.76 Å². The molecule has 20 heavy (non-hydrogen) atoms. The minimum atomic E-state index is -0.941. The molecule has 6 nitrogen and oxygen atoms in total. The van der Waals surface area contributed by atoms with Gasteiger partial charge in [0.2, 0.25) is 0 Å². The van der Waals surface area contributed by atoms with Gasteiger partial charge < -0.3 is 19.6 Å². The van der Waals surface area contributed by atoms with E-state index in [1.54, 1.807) is 19.9 Å². The molecule has 2 N–H and O–H groups in total. The van der Waals surface area contributed by atoms with E-state index in [9.17, 15) is 14.7 Å². The van der Waals surface area contributed by atoms with Crippen LogP contribution in [-0.4, -0.2) is 36.7 Å². The Morgan fingerprint density at radius 2 is 2.00 bits per heavy atom. The zero-order valence-corrected chi connectivity index (χ0v) is 11.7. The third-order valence-corrected chi connectivity index (χ3v) is 3.74. The lowest BCUT2D eigenvalue weighted by atomic mass is 9.80. The van der Waals surface area contributed by atoms with Crippen molar-refractivity contribution < 1.29 is 23.8 Å². The van der Waals surface area contributed by atoms with E-state index in [1.165, 1.54) is 0 Å². The minimum Gasteiger partial charge on any atom is -0.481 e. The van der Waals surface area contributed by atoms with Gasteiger partial charge in [0.05, 0.1) is 5.41 Å². The summed E-state index contributed by atoms with van der Waals surface area (Å²) in [5.41, 5.74) is -0.194. The second-order valence-corrected chi connectivity index (χ2v) is 5.25. The third-order valence-electron chi connectivity index (χ3n) is 3.74. The summed E-state index contributed by atoms with van der Waals surface area (Å²) in [6.45, 7) is 4.44. The minimum absolute atomic E-state index is 0.0870. The van der Waals surface area contributed by atoms with Crippen LogP contribution in [0.2, 0.25) is 0 Å². The van der Waals surface area contributed by atoms with Crippen LogP contribution in [0.4, 0.5) is 0 Å². The van der Waals surface area contributed by atoms with Crippen LogP contribution in [0.15, 0.2) is 10.5 Å². The van der Waals surface area contributed by atoms with Crippen LogP contribution in [0.1, 0.15) is 34.7 Å². The molecule has 2 heterocycles. The van der Waals surface area contributed by atoms with Gasteiger partial charge in [-0.15, -0.1) is 0 Å². The summed E-state index contributed by atoms with van der Waals surface area (Å²) < 4.78 is 10.5. The van der Waals surface area contributed by atoms with E-state index in [1.807, 2.05) is 0 Å². The average molecular weight is 281 g/mol. The molecule has 0 bridgehead atoms. The van der Waals surface area contributed by atoms with Gasteiger partial charge in [-0.3, -0.25) is 9.59 Å². The highest BCUT2D eigenvalue weighted by atomic mass is 16.5. The van der Waals surface area contributed by atoms with Crippen molar-refractivity contribution in [3.05, 3.63) is 23.2 Å². The van der Waals surface area contributed by atoms with Crippen molar-refractivity contribution in [3.63, 3.8) is 0 Å². The Kier molecular flexibility index (Phi) is 4.13. The van der Waals surface area contributed by atoms with Crippen LogP contribution in [0, 0.1) is 19.3 Å². The number of aryl methyl sites for hydroxylation is 2. The molecule has 0 aromatic carbocycles. The first-order valence-electron chi connectivity index (χ1n) is 6.61. The monoisotopic (exact) mass is 281 g/mol. The van der Waals surface area contributed by atoms with Crippen LogP contribution < -0.4 is 5.32 Å². The Morgan fingerprint density at radius 3 is 2.50 bits per heavy atom. The van der Waals surface area contributed by atoms with E-state index in [0.29, 0.717) is 31.8 Å². The van der Waals surface area contributed by atoms with Gasteiger partial charge in [0, 0.05) is 25.3 Å². The maximum atomic E-state index is 12.1. The number of rotatable bonds is 4. The molecule has 2 rings (SSSR count). The molecule has 0 saturated carbocycles. The van der Waals surface area contributed by atoms with Crippen LogP contribution in [-0.2, 0) is 9.53 Å². The van der Waals surface area contributed by atoms with Crippen molar-refractivity contribution in [1.82, 2.24) is 5.32 Å². The predicted octanol–water partition coefficient (Wildman–Crippen LogP) is 1.51. The van der Waals surface area contributed by atoms with Crippen LogP contribution in [0.5, 0.6) is 0 Å². The Balaban J connectivity index is 2.04. The van der Waals surface area contributed by atoms with Crippen molar-refractivity contribution in [1.29, 1.82) is 0 Å². The first kappa shape index (κ1) is 14.6. The quantitative estimate of drug-likeness (QED) is 0.873.